The van der Waals surface area contributed by atoms with Crippen molar-refractivity contribution in [3.05, 3.63) is 39.8 Å². The van der Waals surface area contributed by atoms with Gasteiger partial charge in [-0.1, -0.05) is 11.6 Å². The quantitative estimate of drug-likeness (QED) is 0.861. The van der Waals surface area contributed by atoms with Crippen LogP contribution in [0.2, 0.25) is 5.02 Å². The SMILES string of the molecule is O=C(O)c1c2c(nc3cc(F)c(Cl)cc13)C1CCC2C1. The van der Waals surface area contributed by atoms with Crippen molar-refractivity contribution in [3.63, 3.8) is 0 Å². The number of carboxylic acid groups (broad SMARTS) is 1. The Hall–Kier alpha value is -1.68. The van der Waals surface area contributed by atoms with Gasteiger partial charge < -0.3 is 5.11 Å². The van der Waals surface area contributed by atoms with Gasteiger partial charge in [-0.3, -0.25) is 4.98 Å². The second-order valence-electron chi connectivity index (χ2n) is 5.58. The summed E-state index contributed by atoms with van der Waals surface area (Å²) in [6, 6.07) is 2.62. The topological polar surface area (TPSA) is 50.2 Å². The van der Waals surface area contributed by atoms with Crippen molar-refractivity contribution in [2.75, 3.05) is 0 Å². The van der Waals surface area contributed by atoms with Gasteiger partial charge in [-0.05, 0) is 36.8 Å². The Morgan fingerprint density at radius 1 is 1.35 bits per heavy atom. The molecular formula is C15H11ClFNO2. The number of pyridine rings is 1. The number of aromatic carboxylic acids is 1. The third-order valence-corrected chi connectivity index (χ3v) is 4.83. The number of nitrogens with zero attached hydrogens (tertiary/aromatic N) is 1. The summed E-state index contributed by atoms with van der Waals surface area (Å²) < 4.78 is 13.6. The highest BCUT2D eigenvalue weighted by atomic mass is 35.5. The van der Waals surface area contributed by atoms with Crippen LogP contribution in [0, 0.1) is 5.82 Å². The predicted octanol–water partition coefficient (Wildman–Crippen LogP) is 4.09. The molecule has 1 N–H and O–H groups in total. The Morgan fingerprint density at radius 2 is 2.10 bits per heavy atom. The van der Waals surface area contributed by atoms with E-state index in [2.05, 4.69) is 4.98 Å². The molecule has 20 heavy (non-hydrogen) atoms. The van der Waals surface area contributed by atoms with Crippen LogP contribution >= 0.6 is 11.6 Å². The Balaban J connectivity index is 2.15. The molecule has 1 aromatic carbocycles. The molecule has 102 valence electrons. The molecule has 1 fully saturated rings. The first-order valence-corrected chi connectivity index (χ1v) is 7.00. The summed E-state index contributed by atoms with van der Waals surface area (Å²) in [7, 11) is 0. The zero-order chi connectivity index (χ0) is 14.0. The zero-order valence-corrected chi connectivity index (χ0v) is 11.2. The van der Waals surface area contributed by atoms with E-state index in [-0.39, 0.29) is 16.5 Å². The number of hydrogen-bond acceptors (Lipinski definition) is 2. The number of carbonyl (C=O) groups is 1. The van der Waals surface area contributed by atoms with Gasteiger partial charge in [0.1, 0.15) is 5.82 Å². The monoisotopic (exact) mass is 291 g/mol. The number of aromatic nitrogens is 1. The van der Waals surface area contributed by atoms with Crippen molar-refractivity contribution in [2.24, 2.45) is 0 Å². The summed E-state index contributed by atoms with van der Waals surface area (Å²) in [6.07, 6.45) is 3.03. The van der Waals surface area contributed by atoms with Gasteiger partial charge in [-0.25, -0.2) is 9.18 Å². The molecule has 0 aliphatic heterocycles. The van der Waals surface area contributed by atoms with Gasteiger partial charge in [0, 0.05) is 23.1 Å². The van der Waals surface area contributed by atoms with Crippen molar-refractivity contribution in [1.82, 2.24) is 4.98 Å². The van der Waals surface area contributed by atoms with Crippen LogP contribution in [0.3, 0.4) is 0 Å². The molecular weight excluding hydrogens is 281 g/mol. The average molecular weight is 292 g/mol. The molecule has 0 radical (unpaired) electrons. The summed E-state index contributed by atoms with van der Waals surface area (Å²) in [5, 5.41) is 9.95. The van der Waals surface area contributed by atoms with Gasteiger partial charge in [-0.15, -0.1) is 0 Å². The smallest absolute Gasteiger partial charge is 0.336 e. The van der Waals surface area contributed by atoms with E-state index in [0.717, 1.165) is 30.5 Å². The lowest BCUT2D eigenvalue weighted by molar-refractivity contribution is 0.0697. The Kier molecular flexibility index (Phi) is 2.37. The molecule has 4 rings (SSSR count). The average Bonchev–Trinajstić information content (AvgIpc) is 2.98. The van der Waals surface area contributed by atoms with Gasteiger partial charge in [0.15, 0.2) is 0 Å². The van der Waals surface area contributed by atoms with Crippen molar-refractivity contribution >= 4 is 28.5 Å². The molecule has 2 atom stereocenters. The first-order valence-electron chi connectivity index (χ1n) is 6.62. The highest BCUT2D eigenvalue weighted by Crippen LogP contribution is 2.54. The first kappa shape index (κ1) is 12.1. The van der Waals surface area contributed by atoms with Crippen molar-refractivity contribution in [3.8, 4) is 0 Å². The van der Waals surface area contributed by atoms with E-state index in [4.69, 9.17) is 11.6 Å². The van der Waals surface area contributed by atoms with E-state index in [1.165, 1.54) is 12.1 Å². The van der Waals surface area contributed by atoms with Crippen LogP contribution in [-0.2, 0) is 0 Å². The van der Waals surface area contributed by atoms with Crippen LogP contribution in [0.4, 0.5) is 4.39 Å². The van der Waals surface area contributed by atoms with E-state index >= 15 is 0 Å². The number of fused-ring (bicyclic) bond motifs is 6. The van der Waals surface area contributed by atoms with E-state index < -0.39 is 11.8 Å². The third kappa shape index (κ3) is 1.45. The maximum atomic E-state index is 13.6. The molecule has 2 bridgehead atoms. The molecule has 0 amide bonds. The maximum absolute atomic E-state index is 13.6. The van der Waals surface area contributed by atoms with Crippen LogP contribution in [0.5, 0.6) is 0 Å². The molecule has 3 nitrogen and oxygen atoms in total. The molecule has 1 saturated carbocycles. The van der Waals surface area contributed by atoms with Crippen molar-refractivity contribution in [2.45, 2.75) is 31.1 Å². The third-order valence-electron chi connectivity index (χ3n) is 4.54. The second-order valence-corrected chi connectivity index (χ2v) is 5.99. The molecule has 0 saturated heterocycles. The standard InChI is InChI=1S/C15H11ClFNO2/c16-9-4-8-11(5-10(9)17)18-14-7-2-1-6(3-7)12(14)13(8)15(19)20/h4-7H,1-3H2,(H,19,20). The van der Waals surface area contributed by atoms with Crippen LogP contribution in [0.25, 0.3) is 10.9 Å². The summed E-state index contributed by atoms with van der Waals surface area (Å²) in [6.45, 7) is 0. The lowest BCUT2D eigenvalue weighted by atomic mass is 9.89. The summed E-state index contributed by atoms with van der Waals surface area (Å²) in [4.78, 5) is 16.2. The lowest BCUT2D eigenvalue weighted by Gasteiger charge is -2.18. The number of carboxylic acids is 1. The van der Waals surface area contributed by atoms with Crippen LogP contribution in [0.1, 0.15) is 52.7 Å². The predicted molar refractivity (Wildman–Crippen MR) is 73.0 cm³/mol. The van der Waals surface area contributed by atoms with E-state index in [0.29, 0.717) is 16.8 Å². The number of rotatable bonds is 1. The molecule has 2 aromatic rings. The molecule has 2 aliphatic carbocycles. The minimum Gasteiger partial charge on any atom is -0.478 e. The van der Waals surface area contributed by atoms with Gasteiger partial charge >= 0.3 is 5.97 Å². The minimum absolute atomic E-state index is 0.0649. The maximum Gasteiger partial charge on any atom is 0.336 e. The van der Waals surface area contributed by atoms with Crippen LogP contribution in [0.15, 0.2) is 12.1 Å². The van der Waals surface area contributed by atoms with Crippen molar-refractivity contribution < 1.29 is 14.3 Å². The fourth-order valence-corrected chi connectivity index (χ4v) is 3.90. The van der Waals surface area contributed by atoms with Crippen molar-refractivity contribution in [1.29, 1.82) is 0 Å². The Labute approximate surface area is 119 Å². The second kappa shape index (κ2) is 3.92. The molecule has 5 heteroatoms. The number of benzene rings is 1. The fourth-order valence-electron chi connectivity index (χ4n) is 3.74. The normalized spacial score (nSPS) is 23.3. The Bertz CT molecular complexity index is 774. The summed E-state index contributed by atoms with van der Waals surface area (Å²) in [5.41, 5.74) is 2.35. The highest BCUT2D eigenvalue weighted by molar-refractivity contribution is 6.31. The molecule has 1 heterocycles. The van der Waals surface area contributed by atoms with Gasteiger partial charge in [0.2, 0.25) is 0 Å². The van der Waals surface area contributed by atoms with E-state index in [1.54, 1.807) is 0 Å². The zero-order valence-electron chi connectivity index (χ0n) is 10.5. The van der Waals surface area contributed by atoms with Crippen LogP contribution in [-0.4, -0.2) is 16.1 Å². The lowest BCUT2D eigenvalue weighted by Crippen LogP contribution is -2.11. The minimum atomic E-state index is -0.983. The van der Waals surface area contributed by atoms with Gasteiger partial charge in [0.05, 0.1) is 16.1 Å². The molecule has 1 aromatic heterocycles. The largest absolute Gasteiger partial charge is 0.478 e. The number of hydrogen-bond donors (Lipinski definition) is 1. The van der Waals surface area contributed by atoms with Gasteiger partial charge in [-0.2, -0.15) is 0 Å². The molecule has 2 unspecified atom stereocenters. The first-order chi connectivity index (χ1) is 9.56. The van der Waals surface area contributed by atoms with Crippen LogP contribution < -0.4 is 0 Å². The van der Waals surface area contributed by atoms with Gasteiger partial charge in [0.25, 0.3) is 0 Å². The summed E-state index contributed by atoms with van der Waals surface area (Å²) >= 11 is 5.80. The molecule has 0 spiro atoms. The Morgan fingerprint density at radius 3 is 2.85 bits per heavy atom. The highest BCUT2D eigenvalue weighted by Gasteiger charge is 2.41. The fraction of sp³-hybridized carbons (Fsp3) is 0.333. The number of halogens is 2. The molecule has 2 aliphatic rings. The van der Waals surface area contributed by atoms with E-state index in [1.807, 2.05) is 0 Å². The van der Waals surface area contributed by atoms with E-state index in [9.17, 15) is 14.3 Å². The summed E-state index contributed by atoms with van der Waals surface area (Å²) in [5.74, 6) is -0.937.